The van der Waals surface area contributed by atoms with Crippen LogP contribution in [0.2, 0.25) is 0 Å². The van der Waals surface area contributed by atoms with Crippen molar-refractivity contribution >= 4 is 5.91 Å². The summed E-state index contributed by atoms with van der Waals surface area (Å²) in [6.07, 6.45) is 0.744. The van der Waals surface area contributed by atoms with Crippen LogP contribution in [0, 0.1) is 6.92 Å². The van der Waals surface area contributed by atoms with Gasteiger partial charge >= 0.3 is 0 Å². The first-order chi connectivity index (χ1) is 18.1. The first-order valence-corrected chi connectivity index (χ1v) is 12.3. The van der Waals surface area contributed by atoms with Crippen LogP contribution in [0.3, 0.4) is 0 Å². The molecular weight excluding hydrogens is 468 g/mol. The minimum atomic E-state index is -0.181. The summed E-state index contributed by atoms with van der Waals surface area (Å²) in [7, 11) is 1.62. The summed E-state index contributed by atoms with van der Waals surface area (Å²) in [5.41, 5.74) is 5.13. The molecule has 1 aliphatic rings. The van der Waals surface area contributed by atoms with Gasteiger partial charge in [-0.2, -0.15) is 0 Å². The molecule has 8 nitrogen and oxygen atoms in total. The van der Waals surface area contributed by atoms with Crippen molar-refractivity contribution in [1.82, 2.24) is 19.9 Å². The topological polar surface area (TPSA) is 78.7 Å². The van der Waals surface area contributed by atoms with E-state index < -0.39 is 0 Å². The van der Waals surface area contributed by atoms with Crippen LogP contribution in [0.15, 0.2) is 72.8 Å². The molecule has 0 N–H and O–H groups in total. The van der Waals surface area contributed by atoms with Gasteiger partial charge in [0.2, 0.25) is 0 Å². The van der Waals surface area contributed by atoms with Gasteiger partial charge in [-0.25, -0.2) is 4.68 Å². The summed E-state index contributed by atoms with van der Waals surface area (Å²) in [6.45, 7) is 4.00. The van der Waals surface area contributed by atoms with Gasteiger partial charge < -0.3 is 19.1 Å². The van der Waals surface area contributed by atoms with Crippen molar-refractivity contribution in [3.63, 3.8) is 0 Å². The third-order valence-corrected chi connectivity index (χ3v) is 6.42. The third-order valence-electron chi connectivity index (χ3n) is 6.42. The smallest absolute Gasteiger partial charge is 0.276 e. The Kier molecular flexibility index (Phi) is 7.46. The number of carbonyl (C=O) groups excluding carboxylic acids is 1. The highest BCUT2D eigenvalue weighted by molar-refractivity contribution is 5.93. The van der Waals surface area contributed by atoms with Crippen molar-refractivity contribution in [2.75, 3.05) is 33.5 Å². The second-order valence-electron chi connectivity index (χ2n) is 8.93. The Hall–Kier alpha value is -4.17. The lowest BCUT2D eigenvalue weighted by Gasteiger charge is -2.23. The van der Waals surface area contributed by atoms with E-state index >= 15 is 0 Å². The minimum Gasteiger partial charge on any atom is -0.497 e. The van der Waals surface area contributed by atoms with Crippen molar-refractivity contribution < 1.29 is 19.0 Å². The third kappa shape index (κ3) is 5.65. The van der Waals surface area contributed by atoms with Gasteiger partial charge in [-0.1, -0.05) is 47.7 Å². The number of aromatic nitrogens is 3. The second-order valence-corrected chi connectivity index (χ2v) is 8.93. The SMILES string of the molecule is COc1ccc(-n2nnc(C(=O)N3CCOCCOc4ccccc4Cc4cccc(c4)C3)c2C)cc1. The zero-order valence-electron chi connectivity index (χ0n) is 21.1. The lowest BCUT2D eigenvalue weighted by atomic mass is 10.0. The molecule has 0 unspecified atom stereocenters. The number of amides is 1. The maximum atomic E-state index is 13.7. The van der Waals surface area contributed by atoms with E-state index in [1.807, 2.05) is 61.5 Å². The molecule has 8 heteroatoms. The van der Waals surface area contributed by atoms with E-state index in [4.69, 9.17) is 14.2 Å². The molecule has 1 aromatic heterocycles. The molecule has 0 atom stereocenters. The molecule has 1 aliphatic heterocycles. The molecule has 4 aromatic rings. The van der Waals surface area contributed by atoms with Gasteiger partial charge in [0.15, 0.2) is 5.69 Å². The predicted octanol–water partition coefficient (Wildman–Crippen LogP) is 4.23. The van der Waals surface area contributed by atoms with Crippen molar-refractivity contribution in [3.8, 4) is 17.2 Å². The van der Waals surface area contributed by atoms with E-state index in [-0.39, 0.29) is 5.91 Å². The van der Waals surface area contributed by atoms with Crippen LogP contribution in [0.25, 0.3) is 5.69 Å². The number of hydrogen-bond acceptors (Lipinski definition) is 6. The number of benzene rings is 3. The van der Waals surface area contributed by atoms with E-state index in [0.29, 0.717) is 44.3 Å². The molecule has 0 saturated heterocycles. The first kappa shape index (κ1) is 24.5. The first-order valence-electron chi connectivity index (χ1n) is 12.3. The fourth-order valence-electron chi connectivity index (χ4n) is 4.45. The van der Waals surface area contributed by atoms with Crippen LogP contribution in [-0.4, -0.2) is 59.3 Å². The number of fused-ring (bicyclic) bond motifs is 3. The standard InChI is InChI=1S/C29H30N4O4/c1-21-28(30-31-33(21)25-10-12-26(35-2)13-11-25)29(34)32-14-15-36-16-17-37-27-9-4-3-8-24(27)19-22-6-5-7-23(18-22)20-32/h3-13,18H,14-17,19-20H2,1-2H3. The highest BCUT2D eigenvalue weighted by Crippen LogP contribution is 2.23. The molecule has 190 valence electrons. The van der Waals surface area contributed by atoms with E-state index in [1.54, 1.807) is 16.7 Å². The number of rotatable bonds is 3. The Balaban J connectivity index is 1.41. The van der Waals surface area contributed by atoms with E-state index in [9.17, 15) is 4.79 Å². The predicted molar refractivity (Wildman–Crippen MR) is 139 cm³/mol. The van der Waals surface area contributed by atoms with Crippen LogP contribution in [0.4, 0.5) is 0 Å². The number of carbonyl (C=O) groups is 1. The summed E-state index contributed by atoms with van der Waals surface area (Å²) in [6, 6.07) is 23.9. The van der Waals surface area contributed by atoms with Crippen LogP contribution in [0.5, 0.6) is 11.5 Å². The van der Waals surface area contributed by atoms with Gasteiger partial charge in [0.05, 0.1) is 31.7 Å². The van der Waals surface area contributed by atoms with Crippen LogP contribution < -0.4 is 9.47 Å². The summed E-state index contributed by atoms with van der Waals surface area (Å²) < 4.78 is 18.7. The van der Waals surface area contributed by atoms with Crippen LogP contribution >= 0.6 is 0 Å². The van der Waals surface area contributed by atoms with Gasteiger partial charge in [0.1, 0.15) is 18.1 Å². The zero-order chi connectivity index (χ0) is 25.6. The minimum absolute atomic E-state index is 0.181. The van der Waals surface area contributed by atoms with Gasteiger partial charge in [-0.3, -0.25) is 4.79 Å². The molecule has 1 amide bonds. The fourth-order valence-corrected chi connectivity index (χ4v) is 4.45. The number of methoxy groups -OCH3 is 1. The molecule has 37 heavy (non-hydrogen) atoms. The highest BCUT2D eigenvalue weighted by atomic mass is 16.5. The number of nitrogens with zero attached hydrogens (tertiary/aromatic N) is 4. The quantitative estimate of drug-likeness (QED) is 0.421. The summed E-state index contributed by atoms with van der Waals surface area (Å²) in [5, 5.41) is 8.51. The molecule has 0 spiro atoms. The van der Waals surface area contributed by atoms with Crippen LogP contribution in [-0.2, 0) is 17.7 Å². The van der Waals surface area contributed by atoms with Crippen molar-refractivity contribution in [3.05, 3.63) is 101 Å². The van der Waals surface area contributed by atoms with Gasteiger partial charge in [0, 0.05) is 19.5 Å². The maximum Gasteiger partial charge on any atom is 0.276 e. The summed E-state index contributed by atoms with van der Waals surface area (Å²) in [5.74, 6) is 1.44. The van der Waals surface area contributed by atoms with Crippen molar-refractivity contribution in [1.29, 1.82) is 0 Å². The highest BCUT2D eigenvalue weighted by Gasteiger charge is 2.24. The molecule has 0 saturated carbocycles. The Bertz CT molecular complexity index is 1370. The molecule has 2 bridgehead atoms. The number of para-hydroxylation sites is 1. The fraction of sp³-hybridized carbons (Fsp3) is 0.276. The molecular formula is C29H30N4O4. The average Bonchev–Trinajstić information content (AvgIpc) is 3.31. The molecule has 0 fully saturated rings. The van der Waals surface area contributed by atoms with Crippen molar-refractivity contribution in [2.45, 2.75) is 19.9 Å². The van der Waals surface area contributed by atoms with Gasteiger partial charge in [-0.05, 0) is 53.9 Å². The van der Waals surface area contributed by atoms with E-state index in [0.717, 1.165) is 40.3 Å². The van der Waals surface area contributed by atoms with Gasteiger partial charge in [0.25, 0.3) is 5.91 Å². The Morgan fingerprint density at radius 3 is 2.59 bits per heavy atom. The molecule has 5 rings (SSSR count). The lowest BCUT2D eigenvalue weighted by molar-refractivity contribution is 0.0566. The average molecular weight is 499 g/mol. The number of ether oxygens (including phenoxy) is 3. The molecule has 3 aromatic carbocycles. The zero-order valence-corrected chi connectivity index (χ0v) is 21.1. The van der Waals surface area contributed by atoms with E-state index in [1.165, 1.54) is 0 Å². The second kappa shape index (κ2) is 11.3. The largest absolute Gasteiger partial charge is 0.497 e. The summed E-state index contributed by atoms with van der Waals surface area (Å²) >= 11 is 0. The maximum absolute atomic E-state index is 13.7. The lowest BCUT2D eigenvalue weighted by Crippen LogP contribution is -2.34. The molecule has 2 heterocycles. The Morgan fingerprint density at radius 1 is 0.946 bits per heavy atom. The van der Waals surface area contributed by atoms with Crippen molar-refractivity contribution in [2.24, 2.45) is 0 Å². The van der Waals surface area contributed by atoms with Gasteiger partial charge in [-0.15, -0.1) is 5.10 Å². The molecule has 0 radical (unpaired) electrons. The normalized spacial score (nSPS) is 14.3. The molecule has 0 aliphatic carbocycles. The number of hydrogen-bond donors (Lipinski definition) is 0. The Labute approximate surface area is 216 Å². The van der Waals surface area contributed by atoms with Crippen LogP contribution in [0.1, 0.15) is 32.9 Å². The Morgan fingerprint density at radius 2 is 1.76 bits per heavy atom. The monoisotopic (exact) mass is 498 g/mol. The summed E-state index contributed by atoms with van der Waals surface area (Å²) in [4.78, 5) is 15.4. The van der Waals surface area contributed by atoms with E-state index in [2.05, 4.69) is 28.5 Å².